The zero-order valence-electron chi connectivity index (χ0n) is 14.5. The van der Waals surface area contributed by atoms with Crippen molar-refractivity contribution in [1.29, 1.82) is 0 Å². The first-order chi connectivity index (χ1) is 13.2. The molecule has 0 aliphatic carbocycles. The summed E-state index contributed by atoms with van der Waals surface area (Å²) in [6.45, 7) is 2.41. The lowest BCUT2D eigenvalue weighted by molar-refractivity contribution is 0.0277. The number of nitrogens with zero attached hydrogens (tertiary/aromatic N) is 4. The second kappa shape index (κ2) is 7.96. The quantitative estimate of drug-likeness (QED) is 0.681. The van der Waals surface area contributed by atoms with Crippen LogP contribution in [-0.4, -0.2) is 45.2 Å². The molecule has 1 aliphatic rings. The number of carbonyl (C=O) groups excluding carboxylic acids is 1. The molecule has 2 aromatic heterocycles. The van der Waals surface area contributed by atoms with Gasteiger partial charge in [-0.1, -0.05) is 35.9 Å². The van der Waals surface area contributed by atoms with Gasteiger partial charge in [-0.15, -0.1) is 0 Å². The van der Waals surface area contributed by atoms with Crippen LogP contribution in [0.15, 0.2) is 48.9 Å². The maximum Gasteiger partial charge on any atom is 0.187 e. The molecule has 1 N–H and O–H groups in total. The number of Topliss-reactive ketones (excluding diaryl/α,β-unsaturated/α-hetero) is 1. The Balaban J connectivity index is 1.42. The van der Waals surface area contributed by atoms with Gasteiger partial charge < -0.3 is 10.1 Å². The molecule has 1 aliphatic heterocycles. The highest BCUT2D eigenvalue weighted by atomic mass is 35.5. The van der Waals surface area contributed by atoms with E-state index in [9.17, 15) is 4.79 Å². The molecule has 138 valence electrons. The van der Waals surface area contributed by atoms with Gasteiger partial charge in [0.1, 0.15) is 10.8 Å². The maximum atomic E-state index is 12.5. The van der Waals surface area contributed by atoms with Crippen LogP contribution in [0.25, 0.3) is 5.82 Å². The topological polar surface area (TPSA) is 81.9 Å². The van der Waals surface area contributed by atoms with E-state index in [2.05, 4.69) is 20.4 Å². The summed E-state index contributed by atoms with van der Waals surface area (Å²) in [7, 11) is 0. The molecular weight excluding hydrogens is 366 g/mol. The normalized spacial score (nSPS) is 17.0. The van der Waals surface area contributed by atoms with Crippen LogP contribution in [0.2, 0.25) is 5.15 Å². The summed E-state index contributed by atoms with van der Waals surface area (Å²) < 4.78 is 7.25. The maximum absolute atomic E-state index is 12.5. The average Bonchev–Trinajstić information content (AvgIpc) is 3.20. The van der Waals surface area contributed by atoms with E-state index in [0.29, 0.717) is 23.3 Å². The van der Waals surface area contributed by atoms with E-state index in [1.165, 1.54) is 17.1 Å². The number of rotatable bonds is 5. The Kier molecular flexibility index (Phi) is 5.24. The molecule has 1 saturated heterocycles. The van der Waals surface area contributed by atoms with E-state index in [4.69, 9.17) is 16.3 Å². The first-order valence-electron chi connectivity index (χ1n) is 8.67. The molecule has 1 fully saturated rings. The Bertz CT molecular complexity index is 918. The average molecular weight is 384 g/mol. The summed E-state index contributed by atoms with van der Waals surface area (Å²) in [6.07, 6.45) is 4.98. The predicted molar refractivity (Wildman–Crippen MR) is 100 cm³/mol. The van der Waals surface area contributed by atoms with Crippen molar-refractivity contribution in [3.63, 3.8) is 0 Å². The molecular formula is C19H18ClN5O2. The largest absolute Gasteiger partial charge is 0.371 e. The third-order valence-corrected chi connectivity index (χ3v) is 4.56. The number of ether oxygens (including phenoxy) is 1. The van der Waals surface area contributed by atoms with Crippen molar-refractivity contribution < 1.29 is 9.53 Å². The predicted octanol–water partition coefficient (Wildman–Crippen LogP) is 2.40. The fourth-order valence-electron chi connectivity index (χ4n) is 2.93. The molecule has 1 aromatic carbocycles. The number of halogens is 1. The fraction of sp³-hybridized carbons (Fsp3) is 0.263. The number of morpholine rings is 1. The van der Waals surface area contributed by atoms with Gasteiger partial charge in [0.15, 0.2) is 11.6 Å². The van der Waals surface area contributed by atoms with E-state index < -0.39 is 0 Å². The number of ketones is 1. The van der Waals surface area contributed by atoms with Gasteiger partial charge in [-0.2, -0.15) is 5.10 Å². The van der Waals surface area contributed by atoms with E-state index in [1.54, 1.807) is 12.3 Å². The van der Waals surface area contributed by atoms with Crippen molar-refractivity contribution in [2.45, 2.75) is 12.5 Å². The highest BCUT2D eigenvalue weighted by Gasteiger charge is 2.16. The molecule has 7 nitrogen and oxygen atoms in total. The molecule has 8 heteroatoms. The molecule has 0 radical (unpaired) electrons. The molecule has 0 amide bonds. The van der Waals surface area contributed by atoms with Crippen molar-refractivity contribution in [3.05, 3.63) is 70.9 Å². The van der Waals surface area contributed by atoms with Crippen molar-refractivity contribution >= 4 is 17.4 Å². The Labute approximate surface area is 161 Å². The van der Waals surface area contributed by atoms with Gasteiger partial charge in [0.2, 0.25) is 0 Å². The minimum atomic E-state index is -0.0565. The summed E-state index contributed by atoms with van der Waals surface area (Å²) in [5.41, 5.74) is 2.44. The van der Waals surface area contributed by atoms with Crippen LogP contribution in [0.3, 0.4) is 0 Å². The van der Waals surface area contributed by atoms with E-state index in [0.717, 1.165) is 24.2 Å². The third kappa shape index (κ3) is 4.21. The van der Waals surface area contributed by atoms with Crippen LogP contribution in [-0.2, 0) is 11.2 Å². The first-order valence-corrected chi connectivity index (χ1v) is 9.05. The number of benzene rings is 1. The van der Waals surface area contributed by atoms with Crippen LogP contribution in [0.5, 0.6) is 0 Å². The summed E-state index contributed by atoms with van der Waals surface area (Å²) in [5, 5.41) is 7.91. The third-order valence-electron chi connectivity index (χ3n) is 4.36. The first kappa shape index (κ1) is 17.8. The molecule has 0 unspecified atom stereocenters. The molecule has 3 aromatic rings. The van der Waals surface area contributed by atoms with Crippen LogP contribution in [0.1, 0.15) is 27.7 Å². The minimum absolute atomic E-state index is 0.0565. The highest BCUT2D eigenvalue weighted by Crippen LogP contribution is 2.19. The number of aromatic nitrogens is 4. The molecule has 27 heavy (non-hydrogen) atoms. The highest BCUT2D eigenvalue weighted by molar-refractivity contribution is 6.29. The van der Waals surface area contributed by atoms with Gasteiger partial charge in [-0.3, -0.25) is 4.79 Å². The Hall–Kier alpha value is -2.61. The number of hydrogen-bond donors (Lipinski definition) is 1. The van der Waals surface area contributed by atoms with Gasteiger partial charge in [0, 0.05) is 25.7 Å². The summed E-state index contributed by atoms with van der Waals surface area (Å²) in [6, 6.07) is 9.64. The monoisotopic (exact) mass is 383 g/mol. The standard InChI is InChI=1S/C19H18ClN5O2/c20-18-11-23-19(12-22-18)25-7-5-15(24-25)16(26)9-13-1-3-14(4-2-13)17-10-21-6-8-27-17/h1-5,7,11-12,17,21H,6,8-10H2/t17-/m1/s1. The van der Waals surface area contributed by atoms with E-state index in [1.807, 2.05) is 24.3 Å². The van der Waals surface area contributed by atoms with Crippen LogP contribution >= 0.6 is 11.6 Å². The molecule has 0 spiro atoms. The minimum Gasteiger partial charge on any atom is -0.371 e. The number of hydrogen-bond acceptors (Lipinski definition) is 6. The van der Waals surface area contributed by atoms with Crippen LogP contribution in [0.4, 0.5) is 0 Å². The SMILES string of the molecule is O=C(Cc1ccc([C@H]2CNCCO2)cc1)c1ccn(-c2cnc(Cl)cn2)n1. The van der Waals surface area contributed by atoms with Crippen LogP contribution < -0.4 is 5.32 Å². The second-order valence-corrected chi connectivity index (χ2v) is 6.64. The van der Waals surface area contributed by atoms with Gasteiger partial charge in [-0.25, -0.2) is 14.6 Å². The van der Waals surface area contributed by atoms with Gasteiger partial charge in [0.05, 0.1) is 25.1 Å². The summed E-state index contributed by atoms with van der Waals surface area (Å²) in [4.78, 5) is 20.6. The molecule has 4 rings (SSSR count). The summed E-state index contributed by atoms with van der Waals surface area (Å²) in [5.74, 6) is 0.447. The van der Waals surface area contributed by atoms with E-state index >= 15 is 0 Å². The molecule has 3 heterocycles. The second-order valence-electron chi connectivity index (χ2n) is 6.25. The Morgan fingerprint density at radius 1 is 1.22 bits per heavy atom. The Morgan fingerprint density at radius 2 is 2.07 bits per heavy atom. The van der Waals surface area contributed by atoms with Crippen molar-refractivity contribution in [2.75, 3.05) is 19.7 Å². The smallest absolute Gasteiger partial charge is 0.187 e. The van der Waals surface area contributed by atoms with Gasteiger partial charge >= 0.3 is 0 Å². The fourth-order valence-corrected chi connectivity index (χ4v) is 3.03. The molecule has 0 saturated carbocycles. The van der Waals surface area contributed by atoms with E-state index in [-0.39, 0.29) is 18.3 Å². The molecule has 1 atom stereocenters. The van der Waals surface area contributed by atoms with Crippen LogP contribution in [0, 0.1) is 0 Å². The van der Waals surface area contributed by atoms with Gasteiger partial charge in [-0.05, 0) is 17.2 Å². The molecule has 0 bridgehead atoms. The van der Waals surface area contributed by atoms with Crippen molar-refractivity contribution in [3.8, 4) is 5.82 Å². The lowest BCUT2D eigenvalue weighted by Crippen LogP contribution is -2.33. The number of carbonyl (C=O) groups is 1. The zero-order valence-corrected chi connectivity index (χ0v) is 15.3. The summed E-state index contributed by atoms with van der Waals surface area (Å²) >= 11 is 5.74. The Morgan fingerprint density at radius 3 is 2.78 bits per heavy atom. The lowest BCUT2D eigenvalue weighted by atomic mass is 10.0. The van der Waals surface area contributed by atoms with Gasteiger partial charge in [0.25, 0.3) is 0 Å². The van der Waals surface area contributed by atoms with Crippen molar-refractivity contribution in [2.24, 2.45) is 0 Å². The lowest BCUT2D eigenvalue weighted by Gasteiger charge is -2.24. The number of nitrogens with one attached hydrogen (secondary N) is 1. The zero-order chi connectivity index (χ0) is 18.6. The van der Waals surface area contributed by atoms with Crippen molar-refractivity contribution in [1.82, 2.24) is 25.1 Å².